The molecular formula is C23H21N5O3. The van der Waals surface area contributed by atoms with Crippen LogP contribution in [0.15, 0.2) is 73.1 Å². The predicted molar refractivity (Wildman–Crippen MR) is 116 cm³/mol. The van der Waals surface area contributed by atoms with Crippen molar-refractivity contribution in [3.63, 3.8) is 0 Å². The maximum atomic E-state index is 13.3. The van der Waals surface area contributed by atoms with Gasteiger partial charge in [-0.15, -0.1) is 5.10 Å². The van der Waals surface area contributed by atoms with E-state index in [0.717, 1.165) is 11.3 Å². The van der Waals surface area contributed by atoms with Crippen LogP contribution in [0.4, 0.5) is 5.95 Å². The van der Waals surface area contributed by atoms with Crippen molar-refractivity contribution in [2.24, 2.45) is 0 Å². The summed E-state index contributed by atoms with van der Waals surface area (Å²) in [6, 6.07) is 18.3. The zero-order chi connectivity index (χ0) is 21.6. The molecule has 1 N–H and O–H groups in total. The Bertz CT molecular complexity index is 1190. The Morgan fingerprint density at radius 1 is 0.968 bits per heavy atom. The molecule has 0 fully saturated rings. The number of nitrogens with one attached hydrogen (secondary N) is 1. The van der Waals surface area contributed by atoms with Crippen LogP contribution in [0.2, 0.25) is 0 Å². The van der Waals surface area contributed by atoms with Gasteiger partial charge in [0.25, 0.3) is 5.91 Å². The summed E-state index contributed by atoms with van der Waals surface area (Å²) in [5.74, 6) is 1.54. The molecule has 2 aromatic carbocycles. The number of rotatable bonds is 7. The Labute approximate surface area is 179 Å². The van der Waals surface area contributed by atoms with Gasteiger partial charge in [-0.25, -0.2) is 0 Å². The summed E-state index contributed by atoms with van der Waals surface area (Å²) >= 11 is 0. The molecule has 8 nitrogen and oxygen atoms in total. The first-order chi connectivity index (χ1) is 15.2. The first kappa shape index (κ1) is 20.1. The number of carbonyl (C=O) groups is 1. The topological polar surface area (TPSA) is 91.2 Å². The fraction of sp³-hybridized carbons (Fsp3) is 0.130. The number of pyridine rings is 1. The van der Waals surface area contributed by atoms with Gasteiger partial charge in [-0.05, 0) is 30.3 Å². The Balaban J connectivity index is 1.72. The molecule has 0 saturated carbocycles. The highest BCUT2D eigenvalue weighted by Gasteiger charge is 2.21. The van der Waals surface area contributed by atoms with Gasteiger partial charge in [-0.3, -0.25) is 9.78 Å². The molecule has 156 valence electrons. The summed E-state index contributed by atoms with van der Waals surface area (Å²) in [5.41, 5.74) is 2.01. The van der Waals surface area contributed by atoms with E-state index >= 15 is 0 Å². The number of nitrogens with zero attached hydrogens (tertiary/aromatic N) is 4. The molecule has 0 radical (unpaired) electrons. The summed E-state index contributed by atoms with van der Waals surface area (Å²) in [5, 5.41) is 7.66. The van der Waals surface area contributed by atoms with E-state index in [4.69, 9.17) is 9.47 Å². The van der Waals surface area contributed by atoms with Crippen LogP contribution in [0.5, 0.6) is 11.5 Å². The van der Waals surface area contributed by atoms with E-state index < -0.39 is 0 Å². The van der Waals surface area contributed by atoms with Crippen LogP contribution in [-0.2, 0) is 6.54 Å². The van der Waals surface area contributed by atoms with Crippen molar-refractivity contribution < 1.29 is 14.3 Å². The van der Waals surface area contributed by atoms with E-state index in [1.807, 2.05) is 30.3 Å². The lowest BCUT2D eigenvalue weighted by atomic mass is 10.2. The second-order valence-electron chi connectivity index (χ2n) is 6.58. The van der Waals surface area contributed by atoms with Crippen molar-refractivity contribution in [2.75, 3.05) is 19.5 Å². The Morgan fingerprint density at radius 3 is 2.45 bits per heavy atom. The fourth-order valence-corrected chi connectivity index (χ4v) is 3.14. The third kappa shape index (κ3) is 4.23. The number of methoxy groups -OCH3 is 2. The van der Waals surface area contributed by atoms with Gasteiger partial charge < -0.3 is 14.8 Å². The van der Waals surface area contributed by atoms with E-state index in [-0.39, 0.29) is 5.91 Å². The molecular weight excluding hydrogens is 394 g/mol. The molecule has 0 aliphatic carbocycles. The van der Waals surface area contributed by atoms with Crippen molar-refractivity contribution in [2.45, 2.75) is 6.54 Å². The van der Waals surface area contributed by atoms with Crippen molar-refractivity contribution in [1.29, 1.82) is 0 Å². The maximum absolute atomic E-state index is 13.3. The van der Waals surface area contributed by atoms with E-state index in [0.29, 0.717) is 35.2 Å². The van der Waals surface area contributed by atoms with E-state index in [1.54, 1.807) is 49.8 Å². The minimum absolute atomic E-state index is 0.306. The number of aromatic nitrogens is 4. The lowest BCUT2D eigenvalue weighted by Crippen LogP contribution is -2.18. The van der Waals surface area contributed by atoms with Gasteiger partial charge in [0.15, 0.2) is 5.82 Å². The molecule has 2 aromatic heterocycles. The smallest absolute Gasteiger partial charge is 0.285 e. The molecule has 0 unspecified atom stereocenters. The minimum Gasteiger partial charge on any atom is -0.496 e. The maximum Gasteiger partial charge on any atom is 0.285 e. The standard InChI is InChI=1S/C23H21N5O3/c1-30-19-11-5-3-8-16(19)15-25-23-26-21(17-9-7-13-24-14-17)27-28(23)22(29)18-10-4-6-12-20(18)31-2/h3-14H,15H2,1-2H3,(H,25,26,27). The minimum atomic E-state index is -0.359. The van der Waals surface area contributed by atoms with Crippen LogP contribution in [0.25, 0.3) is 11.4 Å². The van der Waals surface area contributed by atoms with Crippen LogP contribution >= 0.6 is 0 Å². The van der Waals surface area contributed by atoms with Crippen molar-refractivity contribution in [3.8, 4) is 22.9 Å². The highest BCUT2D eigenvalue weighted by atomic mass is 16.5. The van der Waals surface area contributed by atoms with Gasteiger partial charge >= 0.3 is 0 Å². The first-order valence-electron chi connectivity index (χ1n) is 9.62. The molecule has 4 rings (SSSR count). The molecule has 31 heavy (non-hydrogen) atoms. The second kappa shape index (κ2) is 9.08. The highest BCUT2D eigenvalue weighted by Crippen LogP contribution is 2.24. The Hall–Kier alpha value is -4.20. The number of hydrogen-bond acceptors (Lipinski definition) is 7. The zero-order valence-electron chi connectivity index (χ0n) is 17.1. The Kier molecular flexibility index (Phi) is 5.89. The first-order valence-corrected chi connectivity index (χ1v) is 9.62. The average Bonchev–Trinajstić information content (AvgIpc) is 3.27. The zero-order valence-corrected chi connectivity index (χ0v) is 17.1. The molecule has 0 aliphatic heterocycles. The van der Waals surface area contributed by atoms with Gasteiger partial charge in [0.1, 0.15) is 11.5 Å². The normalized spacial score (nSPS) is 10.5. The SMILES string of the molecule is COc1ccccc1CNc1nc(-c2cccnc2)nn1C(=O)c1ccccc1OC. The number of hydrogen-bond donors (Lipinski definition) is 1. The molecule has 2 heterocycles. The van der Waals surface area contributed by atoms with Crippen LogP contribution in [-0.4, -0.2) is 39.9 Å². The van der Waals surface area contributed by atoms with Crippen LogP contribution in [0.1, 0.15) is 15.9 Å². The highest BCUT2D eigenvalue weighted by molar-refractivity contribution is 5.99. The summed E-state index contributed by atoms with van der Waals surface area (Å²) in [6.07, 6.45) is 3.32. The number of anilines is 1. The van der Waals surface area contributed by atoms with Gasteiger partial charge in [0.2, 0.25) is 5.95 Å². The lowest BCUT2D eigenvalue weighted by molar-refractivity contribution is 0.0944. The van der Waals surface area contributed by atoms with Gasteiger partial charge in [-0.1, -0.05) is 30.3 Å². The van der Waals surface area contributed by atoms with Crippen molar-refractivity contribution >= 4 is 11.9 Å². The summed E-state index contributed by atoms with van der Waals surface area (Å²) in [4.78, 5) is 22.0. The number of para-hydroxylation sites is 2. The monoisotopic (exact) mass is 415 g/mol. The molecule has 0 spiro atoms. The predicted octanol–water partition coefficient (Wildman–Crippen LogP) is 3.66. The molecule has 0 amide bonds. The van der Waals surface area contributed by atoms with Crippen LogP contribution in [0, 0.1) is 0 Å². The molecule has 8 heteroatoms. The fourth-order valence-electron chi connectivity index (χ4n) is 3.14. The number of carbonyl (C=O) groups excluding carboxylic acids is 1. The quantitative estimate of drug-likeness (QED) is 0.492. The lowest BCUT2D eigenvalue weighted by Gasteiger charge is -2.11. The Morgan fingerprint density at radius 2 is 1.71 bits per heavy atom. The summed E-state index contributed by atoms with van der Waals surface area (Å²) < 4.78 is 12.0. The van der Waals surface area contributed by atoms with Gasteiger partial charge in [-0.2, -0.15) is 9.67 Å². The largest absolute Gasteiger partial charge is 0.496 e. The molecule has 0 atom stereocenters. The van der Waals surface area contributed by atoms with E-state index in [9.17, 15) is 4.79 Å². The molecule has 4 aromatic rings. The second-order valence-corrected chi connectivity index (χ2v) is 6.58. The van der Waals surface area contributed by atoms with Crippen LogP contribution in [0.3, 0.4) is 0 Å². The van der Waals surface area contributed by atoms with Gasteiger partial charge in [0.05, 0.1) is 19.8 Å². The van der Waals surface area contributed by atoms with Gasteiger partial charge in [0, 0.05) is 30.1 Å². The average molecular weight is 415 g/mol. The van der Waals surface area contributed by atoms with Crippen molar-refractivity contribution in [1.82, 2.24) is 19.7 Å². The molecule has 0 saturated heterocycles. The summed E-state index contributed by atoms with van der Waals surface area (Å²) in [6.45, 7) is 0.397. The summed E-state index contributed by atoms with van der Waals surface area (Å²) in [7, 11) is 3.14. The van der Waals surface area contributed by atoms with E-state index in [1.165, 1.54) is 11.8 Å². The molecule has 0 aliphatic rings. The number of ether oxygens (including phenoxy) is 2. The third-order valence-corrected chi connectivity index (χ3v) is 4.69. The van der Waals surface area contributed by atoms with Crippen molar-refractivity contribution in [3.05, 3.63) is 84.2 Å². The number of benzene rings is 2. The van der Waals surface area contributed by atoms with E-state index in [2.05, 4.69) is 20.4 Å². The third-order valence-electron chi connectivity index (χ3n) is 4.69. The molecule has 0 bridgehead atoms. The van der Waals surface area contributed by atoms with Crippen LogP contribution < -0.4 is 14.8 Å².